The van der Waals surface area contributed by atoms with Gasteiger partial charge in [0.15, 0.2) is 5.60 Å². The number of hydrogen-bond acceptors (Lipinski definition) is 6. The minimum Gasteiger partial charge on any atom is -0.392 e. The SMILES string of the molecule is C#CC(CO)(OC(C)n1ccc(N)nc1=O)C(O)CC. The fraction of sp³-hybridized carbons (Fsp3) is 0.538. The van der Waals surface area contributed by atoms with Crippen molar-refractivity contribution in [2.45, 2.75) is 38.2 Å². The first-order valence-electron chi connectivity index (χ1n) is 6.19. The van der Waals surface area contributed by atoms with E-state index in [-0.39, 0.29) is 5.82 Å². The molecule has 4 N–H and O–H groups in total. The Bertz CT molecular complexity index is 551. The summed E-state index contributed by atoms with van der Waals surface area (Å²) in [6.45, 7) is 2.70. The van der Waals surface area contributed by atoms with Crippen molar-refractivity contribution in [1.29, 1.82) is 0 Å². The van der Waals surface area contributed by atoms with Crippen molar-refractivity contribution in [2.75, 3.05) is 12.3 Å². The quantitative estimate of drug-likeness (QED) is 0.606. The van der Waals surface area contributed by atoms with Gasteiger partial charge in [-0.15, -0.1) is 6.42 Å². The van der Waals surface area contributed by atoms with Crippen LogP contribution in [0.15, 0.2) is 17.1 Å². The molecule has 7 nitrogen and oxygen atoms in total. The largest absolute Gasteiger partial charge is 0.392 e. The van der Waals surface area contributed by atoms with Crippen LogP contribution in [0.5, 0.6) is 0 Å². The molecule has 0 aromatic carbocycles. The van der Waals surface area contributed by atoms with Crippen LogP contribution in [0.25, 0.3) is 0 Å². The van der Waals surface area contributed by atoms with Gasteiger partial charge >= 0.3 is 5.69 Å². The lowest BCUT2D eigenvalue weighted by Gasteiger charge is -2.34. The second-order valence-corrected chi connectivity index (χ2v) is 4.38. The van der Waals surface area contributed by atoms with E-state index in [9.17, 15) is 15.0 Å². The standard InChI is InChI=1S/C13H19N3O4/c1-4-10(18)13(5-2,8-17)20-9(3)16-7-6-11(14)15-12(16)19/h2,6-7,9-10,17-18H,4,8H2,1,3H3,(H2,14,15,19). The third kappa shape index (κ3) is 3.17. The van der Waals surface area contributed by atoms with Crippen molar-refractivity contribution in [3.8, 4) is 12.3 Å². The van der Waals surface area contributed by atoms with Gasteiger partial charge in [-0.25, -0.2) is 4.79 Å². The van der Waals surface area contributed by atoms with Crippen molar-refractivity contribution in [3.63, 3.8) is 0 Å². The molecule has 0 amide bonds. The number of nitrogens with zero attached hydrogens (tertiary/aromatic N) is 2. The Morgan fingerprint density at radius 2 is 2.35 bits per heavy atom. The first-order chi connectivity index (χ1) is 9.40. The molecule has 0 aliphatic heterocycles. The monoisotopic (exact) mass is 281 g/mol. The van der Waals surface area contributed by atoms with E-state index in [1.807, 2.05) is 0 Å². The zero-order valence-electron chi connectivity index (χ0n) is 11.5. The van der Waals surface area contributed by atoms with Crippen LogP contribution in [0, 0.1) is 12.3 Å². The highest BCUT2D eigenvalue weighted by Gasteiger charge is 2.38. The molecule has 0 bridgehead atoms. The van der Waals surface area contributed by atoms with Gasteiger partial charge in [-0.2, -0.15) is 4.98 Å². The first kappa shape index (κ1) is 16.2. The van der Waals surface area contributed by atoms with Crippen LogP contribution in [0.3, 0.4) is 0 Å². The second kappa shape index (κ2) is 6.52. The van der Waals surface area contributed by atoms with Crippen LogP contribution in [-0.2, 0) is 4.74 Å². The van der Waals surface area contributed by atoms with Gasteiger partial charge < -0.3 is 20.7 Å². The molecule has 1 heterocycles. The van der Waals surface area contributed by atoms with Gasteiger partial charge in [0.25, 0.3) is 0 Å². The van der Waals surface area contributed by atoms with E-state index in [0.29, 0.717) is 6.42 Å². The Hall–Kier alpha value is -1.88. The first-order valence-corrected chi connectivity index (χ1v) is 6.19. The Kier molecular flexibility index (Phi) is 5.27. The van der Waals surface area contributed by atoms with Crippen LogP contribution in [0.1, 0.15) is 26.5 Å². The molecule has 110 valence electrons. The normalized spacial score (nSPS) is 16.9. The van der Waals surface area contributed by atoms with E-state index >= 15 is 0 Å². The molecule has 0 fully saturated rings. The number of rotatable bonds is 6. The highest BCUT2D eigenvalue weighted by Crippen LogP contribution is 2.23. The molecule has 3 unspecified atom stereocenters. The summed E-state index contributed by atoms with van der Waals surface area (Å²) >= 11 is 0. The van der Waals surface area contributed by atoms with Gasteiger partial charge in [0.2, 0.25) is 0 Å². The fourth-order valence-electron chi connectivity index (χ4n) is 1.79. The maximum absolute atomic E-state index is 11.7. The Balaban J connectivity index is 3.06. The van der Waals surface area contributed by atoms with Crippen LogP contribution >= 0.6 is 0 Å². The molecule has 0 spiro atoms. The zero-order valence-corrected chi connectivity index (χ0v) is 11.5. The Morgan fingerprint density at radius 3 is 2.80 bits per heavy atom. The highest BCUT2D eigenvalue weighted by atomic mass is 16.5. The zero-order chi connectivity index (χ0) is 15.3. The molecule has 7 heteroatoms. The number of aromatic nitrogens is 2. The van der Waals surface area contributed by atoms with Crippen molar-refractivity contribution in [2.24, 2.45) is 0 Å². The molecule has 1 aromatic heterocycles. The second-order valence-electron chi connectivity index (χ2n) is 4.38. The molecule has 3 atom stereocenters. The summed E-state index contributed by atoms with van der Waals surface area (Å²) in [5.74, 6) is 2.36. The van der Waals surface area contributed by atoms with Crippen molar-refractivity contribution < 1.29 is 14.9 Å². The number of aliphatic hydroxyl groups is 2. The smallest absolute Gasteiger partial charge is 0.351 e. The van der Waals surface area contributed by atoms with Gasteiger partial charge in [0.1, 0.15) is 12.0 Å². The number of nitrogen functional groups attached to an aromatic ring is 1. The summed E-state index contributed by atoms with van der Waals surface area (Å²) in [6.07, 6.45) is 5.19. The van der Waals surface area contributed by atoms with Crippen molar-refractivity contribution in [3.05, 3.63) is 22.7 Å². The summed E-state index contributed by atoms with van der Waals surface area (Å²) in [6, 6.07) is 1.44. The molecule has 0 aliphatic rings. The average molecular weight is 281 g/mol. The predicted molar refractivity (Wildman–Crippen MR) is 73.7 cm³/mol. The summed E-state index contributed by atoms with van der Waals surface area (Å²) in [4.78, 5) is 15.3. The van der Waals surface area contributed by atoms with Gasteiger partial charge in [-0.3, -0.25) is 4.57 Å². The van der Waals surface area contributed by atoms with Gasteiger partial charge in [0, 0.05) is 6.20 Å². The van der Waals surface area contributed by atoms with Crippen LogP contribution in [0.2, 0.25) is 0 Å². The van der Waals surface area contributed by atoms with E-state index in [1.165, 1.54) is 16.8 Å². The Morgan fingerprint density at radius 1 is 1.70 bits per heavy atom. The Labute approximate surface area is 117 Å². The summed E-state index contributed by atoms with van der Waals surface area (Å²) in [5.41, 5.74) is 3.22. The highest BCUT2D eigenvalue weighted by molar-refractivity contribution is 5.23. The predicted octanol–water partition coefficient (Wildman–Crippen LogP) is -0.504. The molecule has 0 radical (unpaired) electrons. The number of anilines is 1. The molecular formula is C13H19N3O4. The maximum atomic E-state index is 11.7. The van der Waals surface area contributed by atoms with Gasteiger partial charge in [-0.1, -0.05) is 12.8 Å². The van der Waals surface area contributed by atoms with E-state index in [2.05, 4.69) is 10.9 Å². The van der Waals surface area contributed by atoms with E-state index in [0.717, 1.165) is 0 Å². The minimum atomic E-state index is -1.57. The number of ether oxygens (including phenoxy) is 1. The lowest BCUT2D eigenvalue weighted by atomic mass is 9.96. The van der Waals surface area contributed by atoms with E-state index in [1.54, 1.807) is 13.8 Å². The molecule has 0 saturated carbocycles. The van der Waals surface area contributed by atoms with Crippen molar-refractivity contribution in [1.82, 2.24) is 9.55 Å². The fourth-order valence-corrected chi connectivity index (χ4v) is 1.79. The third-order valence-corrected chi connectivity index (χ3v) is 3.03. The van der Waals surface area contributed by atoms with Crippen LogP contribution < -0.4 is 11.4 Å². The minimum absolute atomic E-state index is 0.0948. The average Bonchev–Trinajstić information content (AvgIpc) is 2.43. The topological polar surface area (TPSA) is 111 Å². The lowest BCUT2D eigenvalue weighted by Crippen LogP contribution is -2.48. The van der Waals surface area contributed by atoms with Crippen LogP contribution in [-0.4, -0.2) is 38.1 Å². The summed E-state index contributed by atoms with van der Waals surface area (Å²) in [7, 11) is 0. The van der Waals surface area contributed by atoms with Gasteiger partial charge in [0.05, 0.1) is 12.7 Å². The number of hydrogen-bond donors (Lipinski definition) is 3. The molecule has 0 aliphatic carbocycles. The lowest BCUT2D eigenvalue weighted by molar-refractivity contribution is -0.160. The molecule has 1 aromatic rings. The summed E-state index contributed by atoms with van der Waals surface area (Å²) in [5, 5.41) is 19.4. The van der Waals surface area contributed by atoms with Crippen molar-refractivity contribution >= 4 is 5.82 Å². The molecule has 20 heavy (non-hydrogen) atoms. The summed E-state index contributed by atoms with van der Waals surface area (Å²) < 4.78 is 6.71. The third-order valence-electron chi connectivity index (χ3n) is 3.03. The van der Waals surface area contributed by atoms with E-state index < -0.39 is 30.2 Å². The number of nitrogens with two attached hydrogens (primary N) is 1. The van der Waals surface area contributed by atoms with Gasteiger partial charge in [-0.05, 0) is 19.4 Å². The molecular weight excluding hydrogens is 262 g/mol. The molecule has 1 rings (SSSR count). The molecule has 0 saturated heterocycles. The van der Waals surface area contributed by atoms with E-state index in [4.69, 9.17) is 16.9 Å². The maximum Gasteiger partial charge on any atom is 0.351 e. The number of terminal acetylenes is 1. The van der Waals surface area contributed by atoms with Crippen LogP contribution in [0.4, 0.5) is 5.82 Å². The number of aliphatic hydroxyl groups excluding tert-OH is 2.